The van der Waals surface area contributed by atoms with E-state index in [2.05, 4.69) is 9.71 Å². The van der Waals surface area contributed by atoms with E-state index in [1.54, 1.807) is 17.8 Å². The predicted octanol–water partition coefficient (Wildman–Crippen LogP) is 0.902. The lowest BCUT2D eigenvalue weighted by molar-refractivity contribution is 0.580. The van der Waals surface area contributed by atoms with Crippen molar-refractivity contribution in [1.29, 1.82) is 0 Å². The molecule has 104 valence electrons. The predicted molar refractivity (Wildman–Crippen MR) is 74.1 cm³/mol. The van der Waals surface area contributed by atoms with Crippen LogP contribution in [0.1, 0.15) is 18.3 Å². The summed E-state index contributed by atoms with van der Waals surface area (Å²) in [6.07, 6.45) is 1.60. The Hall–Kier alpha value is -1.22. The number of sulfonamides is 1. The van der Waals surface area contributed by atoms with Crippen LogP contribution in [0.4, 0.5) is 0 Å². The van der Waals surface area contributed by atoms with E-state index in [0.717, 1.165) is 5.69 Å². The SMILES string of the molecule is CCn1cc(S(=O)(=O)NCc2cscn2)cc1CN. The molecule has 0 aliphatic carbocycles. The van der Waals surface area contributed by atoms with Gasteiger partial charge in [-0.25, -0.2) is 18.1 Å². The lowest BCUT2D eigenvalue weighted by Gasteiger charge is -2.03. The molecule has 0 saturated heterocycles. The van der Waals surface area contributed by atoms with Crippen molar-refractivity contribution >= 4 is 21.4 Å². The maximum absolute atomic E-state index is 12.1. The Kier molecular flexibility index (Phi) is 4.35. The van der Waals surface area contributed by atoms with Crippen molar-refractivity contribution in [2.75, 3.05) is 0 Å². The van der Waals surface area contributed by atoms with E-state index < -0.39 is 10.0 Å². The highest BCUT2D eigenvalue weighted by Crippen LogP contribution is 2.14. The number of aryl methyl sites for hydroxylation is 1. The second kappa shape index (κ2) is 5.83. The van der Waals surface area contributed by atoms with Crippen molar-refractivity contribution in [3.63, 3.8) is 0 Å². The number of nitrogens with two attached hydrogens (primary N) is 1. The molecule has 0 aliphatic heterocycles. The molecule has 2 heterocycles. The third-order valence-corrected chi connectivity index (χ3v) is 4.75. The van der Waals surface area contributed by atoms with Crippen LogP contribution >= 0.6 is 11.3 Å². The van der Waals surface area contributed by atoms with Gasteiger partial charge in [0, 0.05) is 30.4 Å². The van der Waals surface area contributed by atoms with Crippen LogP contribution in [0.25, 0.3) is 0 Å². The second-order valence-electron chi connectivity index (χ2n) is 3.96. The van der Waals surface area contributed by atoms with Gasteiger partial charge in [0.1, 0.15) is 0 Å². The normalized spacial score (nSPS) is 11.9. The quantitative estimate of drug-likeness (QED) is 0.829. The Morgan fingerprint density at radius 3 is 2.84 bits per heavy atom. The molecule has 2 aromatic rings. The van der Waals surface area contributed by atoms with Gasteiger partial charge in [-0.1, -0.05) is 0 Å². The summed E-state index contributed by atoms with van der Waals surface area (Å²) >= 11 is 1.43. The Balaban J connectivity index is 2.17. The van der Waals surface area contributed by atoms with E-state index in [9.17, 15) is 8.42 Å². The molecule has 0 aromatic carbocycles. The minimum atomic E-state index is -3.52. The summed E-state index contributed by atoms with van der Waals surface area (Å²) in [6.45, 7) is 3.14. The highest BCUT2D eigenvalue weighted by Gasteiger charge is 2.17. The summed E-state index contributed by atoms with van der Waals surface area (Å²) in [5.74, 6) is 0. The van der Waals surface area contributed by atoms with Crippen molar-refractivity contribution in [1.82, 2.24) is 14.3 Å². The molecule has 2 aromatic heterocycles. The standard InChI is InChI=1S/C11H16N4O2S2/c1-2-15-6-11(3-10(15)4-12)19(16,17)14-5-9-7-18-8-13-9/h3,6-8,14H,2,4-5,12H2,1H3. The number of nitrogens with one attached hydrogen (secondary N) is 1. The topological polar surface area (TPSA) is 90.0 Å². The molecule has 0 aliphatic rings. The number of thiazole rings is 1. The van der Waals surface area contributed by atoms with Gasteiger partial charge in [-0.2, -0.15) is 0 Å². The molecule has 0 unspecified atom stereocenters. The molecular formula is C11H16N4O2S2. The molecule has 0 amide bonds. The van der Waals surface area contributed by atoms with Gasteiger partial charge < -0.3 is 10.3 Å². The monoisotopic (exact) mass is 300 g/mol. The van der Waals surface area contributed by atoms with Crippen molar-refractivity contribution < 1.29 is 8.42 Å². The Morgan fingerprint density at radius 2 is 2.32 bits per heavy atom. The Labute approximate surface area is 116 Å². The van der Waals surface area contributed by atoms with Gasteiger partial charge in [-0.15, -0.1) is 11.3 Å². The largest absolute Gasteiger partial charge is 0.349 e. The van der Waals surface area contributed by atoms with Gasteiger partial charge in [0.2, 0.25) is 10.0 Å². The van der Waals surface area contributed by atoms with Crippen molar-refractivity contribution in [3.8, 4) is 0 Å². The van der Waals surface area contributed by atoms with Gasteiger partial charge in [0.15, 0.2) is 0 Å². The van der Waals surface area contributed by atoms with Gasteiger partial charge in [-0.05, 0) is 13.0 Å². The first-order chi connectivity index (χ1) is 9.06. The van der Waals surface area contributed by atoms with Gasteiger partial charge >= 0.3 is 0 Å². The summed E-state index contributed by atoms with van der Waals surface area (Å²) in [4.78, 5) is 4.28. The van der Waals surface area contributed by atoms with Crippen LogP contribution in [0.3, 0.4) is 0 Å². The van der Waals surface area contributed by atoms with Crippen molar-refractivity contribution in [2.24, 2.45) is 5.73 Å². The molecule has 8 heteroatoms. The minimum Gasteiger partial charge on any atom is -0.349 e. The van der Waals surface area contributed by atoms with Crippen LogP contribution < -0.4 is 10.5 Å². The first-order valence-corrected chi connectivity index (χ1v) is 8.25. The summed E-state index contributed by atoms with van der Waals surface area (Å²) in [7, 11) is -3.52. The summed E-state index contributed by atoms with van der Waals surface area (Å²) in [6, 6.07) is 1.60. The maximum atomic E-state index is 12.1. The van der Waals surface area contributed by atoms with Gasteiger partial charge in [-0.3, -0.25) is 0 Å². The van der Waals surface area contributed by atoms with E-state index in [0.29, 0.717) is 18.8 Å². The molecule has 2 rings (SSSR count). The fourth-order valence-electron chi connectivity index (χ4n) is 1.72. The van der Waals surface area contributed by atoms with Gasteiger partial charge in [0.25, 0.3) is 0 Å². The molecule has 0 saturated carbocycles. The van der Waals surface area contributed by atoms with Crippen LogP contribution in [0.2, 0.25) is 0 Å². The first kappa shape index (κ1) is 14.2. The average Bonchev–Trinajstić information content (AvgIpc) is 3.05. The van der Waals surface area contributed by atoms with Crippen LogP contribution in [-0.4, -0.2) is 18.0 Å². The Bertz CT molecular complexity index is 610. The number of aromatic nitrogens is 2. The molecular weight excluding hydrogens is 284 g/mol. The molecule has 0 fully saturated rings. The van der Waals surface area contributed by atoms with E-state index in [-0.39, 0.29) is 11.4 Å². The molecule has 0 radical (unpaired) electrons. The molecule has 19 heavy (non-hydrogen) atoms. The van der Waals surface area contributed by atoms with E-state index in [1.165, 1.54) is 11.3 Å². The number of rotatable bonds is 6. The number of hydrogen-bond donors (Lipinski definition) is 2. The zero-order valence-corrected chi connectivity index (χ0v) is 12.2. The number of hydrogen-bond acceptors (Lipinski definition) is 5. The number of nitrogens with zero attached hydrogens (tertiary/aromatic N) is 2. The van der Waals surface area contributed by atoms with Crippen LogP contribution in [0.5, 0.6) is 0 Å². The van der Waals surface area contributed by atoms with E-state index >= 15 is 0 Å². The van der Waals surface area contributed by atoms with Crippen molar-refractivity contribution in [3.05, 3.63) is 34.5 Å². The van der Waals surface area contributed by atoms with Crippen molar-refractivity contribution in [2.45, 2.75) is 31.5 Å². The zero-order chi connectivity index (χ0) is 13.9. The third kappa shape index (κ3) is 3.21. The summed E-state index contributed by atoms with van der Waals surface area (Å²) in [5.41, 5.74) is 8.77. The third-order valence-electron chi connectivity index (χ3n) is 2.75. The molecule has 0 bridgehead atoms. The molecule has 3 N–H and O–H groups in total. The van der Waals surface area contributed by atoms with E-state index in [4.69, 9.17) is 5.73 Å². The smallest absolute Gasteiger partial charge is 0.242 e. The van der Waals surface area contributed by atoms with Gasteiger partial charge in [0.05, 0.1) is 22.6 Å². The lowest BCUT2D eigenvalue weighted by atomic mass is 10.4. The summed E-state index contributed by atoms with van der Waals surface area (Å²) in [5, 5.41) is 1.81. The molecule has 0 atom stereocenters. The molecule has 6 nitrogen and oxygen atoms in total. The van der Waals surface area contributed by atoms with Crippen LogP contribution in [-0.2, 0) is 29.7 Å². The maximum Gasteiger partial charge on any atom is 0.242 e. The Morgan fingerprint density at radius 1 is 1.53 bits per heavy atom. The fourth-order valence-corrected chi connectivity index (χ4v) is 3.34. The van der Waals surface area contributed by atoms with Crippen LogP contribution in [0, 0.1) is 0 Å². The molecule has 0 spiro atoms. The lowest BCUT2D eigenvalue weighted by Crippen LogP contribution is -2.23. The summed E-state index contributed by atoms with van der Waals surface area (Å²) < 4.78 is 28.6. The zero-order valence-electron chi connectivity index (χ0n) is 10.5. The highest BCUT2D eigenvalue weighted by molar-refractivity contribution is 7.89. The fraction of sp³-hybridized carbons (Fsp3) is 0.364. The van der Waals surface area contributed by atoms with E-state index in [1.807, 2.05) is 16.9 Å². The highest BCUT2D eigenvalue weighted by atomic mass is 32.2. The minimum absolute atomic E-state index is 0.196. The second-order valence-corrected chi connectivity index (χ2v) is 6.45. The van der Waals surface area contributed by atoms with Crippen LogP contribution in [0.15, 0.2) is 28.0 Å². The first-order valence-electron chi connectivity index (χ1n) is 5.82. The average molecular weight is 300 g/mol.